The lowest BCUT2D eigenvalue weighted by Crippen LogP contribution is -2.66. The third-order valence-corrected chi connectivity index (χ3v) is 9.90. The number of hydrogen-bond acceptors (Lipinski definition) is 2. The van der Waals surface area contributed by atoms with E-state index in [1.807, 2.05) is 18.7 Å². The summed E-state index contributed by atoms with van der Waals surface area (Å²) in [4.78, 5) is 4.11. The van der Waals surface area contributed by atoms with E-state index in [2.05, 4.69) is 91.0 Å². The molecule has 0 aliphatic carbocycles. The van der Waals surface area contributed by atoms with E-state index < -0.39 is 8.32 Å². The zero-order valence-corrected chi connectivity index (χ0v) is 16.9. The van der Waals surface area contributed by atoms with Crippen LogP contribution in [0.25, 0.3) is 0 Å². The van der Waals surface area contributed by atoms with Gasteiger partial charge in [-0.15, -0.1) is 0 Å². The highest BCUT2D eigenvalue weighted by molar-refractivity contribution is 6.99. The lowest BCUT2D eigenvalue weighted by atomic mass is 10.2. The van der Waals surface area contributed by atoms with Gasteiger partial charge in [-0.3, -0.25) is 0 Å². The van der Waals surface area contributed by atoms with Crippen molar-refractivity contribution in [3.05, 3.63) is 79.4 Å². The average molecular weight is 365 g/mol. The van der Waals surface area contributed by atoms with Crippen LogP contribution in [0.3, 0.4) is 0 Å². The molecule has 0 unspecified atom stereocenters. The van der Waals surface area contributed by atoms with Crippen LogP contribution in [0.4, 0.5) is 0 Å². The number of aryl methyl sites for hydroxylation is 1. The second-order valence-corrected chi connectivity index (χ2v) is 12.0. The Labute approximate surface area is 157 Å². The molecule has 2 aromatic carbocycles. The highest BCUT2D eigenvalue weighted by Gasteiger charge is 2.49. The summed E-state index contributed by atoms with van der Waals surface area (Å²) in [6.45, 7) is 8.61. The van der Waals surface area contributed by atoms with Gasteiger partial charge in [0.2, 0.25) is 0 Å². The van der Waals surface area contributed by atoms with E-state index in [1.54, 1.807) is 0 Å². The van der Waals surface area contributed by atoms with Crippen LogP contribution >= 0.6 is 0 Å². The Hall–Kier alpha value is -2.17. The van der Waals surface area contributed by atoms with Crippen molar-refractivity contribution >= 4 is 18.7 Å². The largest absolute Gasteiger partial charge is 0.407 e. The lowest BCUT2D eigenvalue weighted by molar-refractivity contribution is 0.284. The fraction of sp³-hybridized carbons (Fsp3) is 0.318. The predicted molar refractivity (Wildman–Crippen MR) is 110 cm³/mol. The molecule has 0 bridgehead atoms. The fourth-order valence-corrected chi connectivity index (χ4v) is 8.26. The summed E-state index contributed by atoms with van der Waals surface area (Å²) in [6.07, 6.45) is 6.66. The maximum atomic E-state index is 6.87. The van der Waals surface area contributed by atoms with Crippen molar-refractivity contribution in [3.63, 3.8) is 0 Å². The smallest absolute Gasteiger partial charge is 0.261 e. The third-order valence-electron chi connectivity index (χ3n) is 4.86. The van der Waals surface area contributed by atoms with Crippen molar-refractivity contribution in [2.75, 3.05) is 6.61 Å². The van der Waals surface area contributed by atoms with Gasteiger partial charge in [0.25, 0.3) is 8.32 Å². The first-order valence-corrected chi connectivity index (χ1v) is 11.2. The Kier molecular flexibility index (Phi) is 5.74. The first-order chi connectivity index (χ1) is 12.5. The average Bonchev–Trinajstić information content (AvgIpc) is 3.16. The van der Waals surface area contributed by atoms with Crippen LogP contribution < -0.4 is 10.4 Å². The number of hydrogen-bond donors (Lipinski definition) is 0. The molecule has 0 aliphatic rings. The Morgan fingerprint density at radius 3 is 1.96 bits per heavy atom. The van der Waals surface area contributed by atoms with E-state index in [9.17, 15) is 0 Å². The molecule has 0 amide bonds. The van der Waals surface area contributed by atoms with Gasteiger partial charge in [-0.2, -0.15) is 0 Å². The van der Waals surface area contributed by atoms with Crippen LogP contribution in [-0.4, -0.2) is 24.5 Å². The Morgan fingerprint density at radius 2 is 1.50 bits per heavy atom. The molecular weight excluding hydrogens is 336 g/mol. The van der Waals surface area contributed by atoms with Crippen LogP contribution in [-0.2, 0) is 11.0 Å². The number of aromatic nitrogens is 2. The summed E-state index contributed by atoms with van der Waals surface area (Å²) in [7, 11) is -2.40. The van der Waals surface area contributed by atoms with Crippen molar-refractivity contribution < 1.29 is 4.43 Å². The quantitative estimate of drug-likeness (QED) is 0.470. The van der Waals surface area contributed by atoms with E-state index in [0.29, 0.717) is 0 Å². The van der Waals surface area contributed by atoms with Crippen molar-refractivity contribution in [3.8, 4) is 0 Å². The van der Waals surface area contributed by atoms with Gasteiger partial charge >= 0.3 is 0 Å². The van der Waals surface area contributed by atoms with Crippen LogP contribution in [0.1, 0.15) is 27.2 Å². The van der Waals surface area contributed by atoms with Gasteiger partial charge in [0, 0.05) is 25.5 Å². The number of benzene rings is 2. The van der Waals surface area contributed by atoms with Crippen LogP contribution in [0.5, 0.6) is 0 Å². The molecule has 0 atom stereocenters. The summed E-state index contributed by atoms with van der Waals surface area (Å²) >= 11 is 0. The second kappa shape index (κ2) is 8.02. The van der Waals surface area contributed by atoms with Crippen molar-refractivity contribution in [2.45, 2.75) is 38.8 Å². The number of imidazole rings is 1. The van der Waals surface area contributed by atoms with E-state index in [1.165, 1.54) is 10.4 Å². The molecule has 136 valence electrons. The molecule has 1 aromatic heterocycles. The molecule has 0 radical (unpaired) electrons. The molecule has 0 spiro atoms. The summed E-state index contributed by atoms with van der Waals surface area (Å²) < 4.78 is 8.98. The molecule has 1 heterocycles. The van der Waals surface area contributed by atoms with Gasteiger partial charge in [0.15, 0.2) is 0 Å². The van der Waals surface area contributed by atoms with Gasteiger partial charge in [0.1, 0.15) is 0 Å². The van der Waals surface area contributed by atoms with Gasteiger partial charge in [-0.25, -0.2) is 4.98 Å². The van der Waals surface area contributed by atoms with Gasteiger partial charge in [-0.1, -0.05) is 81.4 Å². The first kappa shape index (κ1) is 18.6. The summed E-state index contributed by atoms with van der Waals surface area (Å²) in [5.41, 5.74) is 0. The van der Waals surface area contributed by atoms with E-state index in [-0.39, 0.29) is 5.04 Å². The third kappa shape index (κ3) is 3.81. The molecule has 0 saturated carbocycles. The molecule has 0 N–H and O–H groups in total. The molecule has 0 saturated heterocycles. The second-order valence-electron chi connectivity index (χ2n) is 7.67. The van der Waals surface area contributed by atoms with Crippen LogP contribution in [0.2, 0.25) is 5.04 Å². The van der Waals surface area contributed by atoms with Gasteiger partial charge in [-0.05, 0) is 21.8 Å². The predicted octanol–water partition coefficient (Wildman–Crippen LogP) is 3.85. The zero-order valence-electron chi connectivity index (χ0n) is 15.9. The lowest BCUT2D eigenvalue weighted by Gasteiger charge is -2.43. The Balaban J connectivity index is 1.92. The van der Waals surface area contributed by atoms with Crippen LogP contribution in [0.15, 0.2) is 79.4 Å². The standard InChI is InChI=1S/C22H28N2OSi/c1-22(2,3)26(20-11-6-4-7-12-20,21-13-8-5-9-14-21)25-18-10-16-24-17-15-23-19-24/h4-9,11-15,17,19H,10,16,18H2,1-3H3. The number of nitrogens with zero attached hydrogens (tertiary/aromatic N) is 2. The minimum Gasteiger partial charge on any atom is -0.407 e. The first-order valence-electron chi connectivity index (χ1n) is 9.25. The molecule has 3 nitrogen and oxygen atoms in total. The molecule has 3 aromatic rings. The molecule has 0 fully saturated rings. The van der Waals surface area contributed by atoms with E-state index in [0.717, 1.165) is 19.6 Å². The van der Waals surface area contributed by atoms with E-state index in [4.69, 9.17) is 4.43 Å². The van der Waals surface area contributed by atoms with Gasteiger partial charge < -0.3 is 8.99 Å². The topological polar surface area (TPSA) is 27.1 Å². The van der Waals surface area contributed by atoms with Gasteiger partial charge in [0.05, 0.1) is 6.33 Å². The molecular formula is C22H28N2OSi. The fourth-order valence-electron chi connectivity index (χ4n) is 3.65. The van der Waals surface area contributed by atoms with Crippen molar-refractivity contribution in [2.24, 2.45) is 0 Å². The summed E-state index contributed by atoms with van der Waals surface area (Å²) in [5, 5.41) is 2.70. The highest BCUT2D eigenvalue weighted by Crippen LogP contribution is 2.36. The molecule has 3 rings (SSSR count). The summed E-state index contributed by atoms with van der Waals surface area (Å²) in [6, 6.07) is 21.6. The molecule has 0 aliphatic heterocycles. The monoisotopic (exact) mass is 364 g/mol. The van der Waals surface area contributed by atoms with Crippen molar-refractivity contribution in [1.29, 1.82) is 0 Å². The number of rotatable bonds is 7. The van der Waals surface area contributed by atoms with Crippen LogP contribution in [0, 0.1) is 0 Å². The Morgan fingerprint density at radius 1 is 0.923 bits per heavy atom. The molecule has 4 heteroatoms. The minimum atomic E-state index is -2.40. The normalized spacial score (nSPS) is 12.3. The zero-order chi connectivity index (χ0) is 18.5. The minimum absolute atomic E-state index is 0.0325. The summed E-state index contributed by atoms with van der Waals surface area (Å²) in [5.74, 6) is 0. The maximum Gasteiger partial charge on any atom is 0.261 e. The Bertz CT molecular complexity index is 741. The maximum absolute atomic E-state index is 6.87. The molecule has 26 heavy (non-hydrogen) atoms. The van der Waals surface area contributed by atoms with E-state index >= 15 is 0 Å². The SMILES string of the molecule is CC(C)(C)[Si](OCCCn1ccnc1)(c1ccccc1)c1ccccc1. The highest BCUT2D eigenvalue weighted by atomic mass is 28.4. The van der Waals surface area contributed by atoms with Crippen molar-refractivity contribution in [1.82, 2.24) is 9.55 Å².